The molecule has 5 nitrogen and oxygen atoms in total. The number of hydrogen-bond acceptors (Lipinski definition) is 5. The Morgan fingerprint density at radius 2 is 1.88 bits per heavy atom. The molecule has 0 fully saturated rings. The lowest BCUT2D eigenvalue weighted by Crippen LogP contribution is -2.34. The van der Waals surface area contributed by atoms with Crippen molar-refractivity contribution in [2.45, 2.75) is 53.2 Å². The van der Waals surface area contributed by atoms with Gasteiger partial charge in [0.05, 0.1) is 5.69 Å². The van der Waals surface area contributed by atoms with Gasteiger partial charge in [0.25, 0.3) is 0 Å². The maximum Gasteiger partial charge on any atom is 0.227 e. The van der Waals surface area contributed by atoms with E-state index in [0.29, 0.717) is 11.8 Å². The zero-order valence-electron chi connectivity index (χ0n) is 16.4. The number of benzene rings is 1. The number of aryl methyl sites for hydroxylation is 2. The lowest BCUT2D eigenvalue weighted by molar-refractivity contribution is -0.000868. The van der Waals surface area contributed by atoms with Crippen LogP contribution in [0.15, 0.2) is 36.9 Å². The second-order valence-corrected chi connectivity index (χ2v) is 7.95. The molecular formula is C21H28N4O. The molecule has 0 amide bonds. The smallest absolute Gasteiger partial charge is 0.227 e. The van der Waals surface area contributed by atoms with Gasteiger partial charge in [-0.1, -0.05) is 6.07 Å². The number of hydrogen-bond donors (Lipinski definition) is 1. The molecular weight excluding hydrogens is 324 g/mol. The van der Waals surface area contributed by atoms with Crippen molar-refractivity contribution in [3.8, 4) is 0 Å². The molecule has 0 saturated carbocycles. The van der Waals surface area contributed by atoms with Crippen molar-refractivity contribution in [1.29, 1.82) is 0 Å². The molecule has 138 valence electrons. The maximum absolute atomic E-state index is 5.90. The highest BCUT2D eigenvalue weighted by Gasteiger charge is 2.23. The van der Waals surface area contributed by atoms with E-state index >= 15 is 0 Å². The highest BCUT2D eigenvalue weighted by Crippen LogP contribution is 2.24. The average molecular weight is 352 g/mol. The van der Waals surface area contributed by atoms with Gasteiger partial charge in [-0.3, -0.25) is 0 Å². The molecule has 1 aliphatic heterocycles. The van der Waals surface area contributed by atoms with Gasteiger partial charge in [-0.25, -0.2) is 9.97 Å². The summed E-state index contributed by atoms with van der Waals surface area (Å²) in [5.41, 5.74) is 5.43. The molecule has 0 bridgehead atoms. The van der Waals surface area contributed by atoms with Crippen molar-refractivity contribution in [1.82, 2.24) is 14.9 Å². The fourth-order valence-electron chi connectivity index (χ4n) is 3.18. The van der Waals surface area contributed by atoms with Crippen LogP contribution in [0.5, 0.6) is 0 Å². The summed E-state index contributed by atoms with van der Waals surface area (Å²) in [6, 6.07) is 6.36. The number of nitrogens with zero attached hydrogens (tertiary/aromatic N) is 3. The molecule has 1 aromatic carbocycles. The number of rotatable bonds is 4. The van der Waals surface area contributed by atoms with Gasteiger partial charge in [-0.15, -0.1) is 0 Å². The zero-order chi connectivity index (χ0) is 18.9. The zero-order valence-corrected chi connectivity index (χ0v) is 16.4. The number of anilines is 2. The van der Waals surface area contributed by atoms with E-state index < -0.39 is 0 Å². The first-order valence-electron chi connectivity index (χ1n) is 9.02. The van der Waals surface area contributed by atoms with E-state index in [1.807, 2.05) is 27.0 Å². The minimum absolute atomic E-state index is 0.242. The Balaban J connectivity index is 1.72. The van der Waals surface area contributed by atoms with Crippen LogP contribution in [-0.2, 0) is 17.7 Å². The molecule has 0 radical (unpaired) electrons. The van der Waals surface area contributed by atoms with Crippen LogP contribution in [0.25, 0.3) is 0 Å². The van der Waals surface area contributed by atoms with Gasteiger partial charge in [-0.2, -0.15) is 0 Å². The van der Waals surface area contributed by atoms with E-state index in [4.69, 9.17) is 9.72 Å². The van der Waals surface area contributed by atoms with Crippen LogP contribution >= 0.6 is 0 Å². The van der Waals surface area contributed by atoms with Crippen LogP contribution < -0.4 is 5.32 Å². The fraction of sp³-hybridized carbons (Fsp3) is 0.429. The Kier molecular flexibility index (Phi) is 4.90. The summed E-state index contributed by atoms with van der Waals surface area (Å²) in [5.74, 6) is 1.35. The van der Waals surface area contributed by atoms with Crippen LogP contribution in [-0.4, -0.2) is 27.0 Å². The molecule has 2 heterocycles. The van der Waals surface area contributed by atoms with Gasteiger partial charge >= 0.3 is 0 Å². The Hall–Kier alpha value is -2.56. The molecule has 0 aliphatic carbocycles. The van der Waals surface area contributed by atoms with Crippen molar-refractivity contribution in [3.63, 3.8) is 0 Å². The topological polar surface area (TPSA) is 50.3 Å². The number of fused-ring (bicyclic) bond motifs is 1. The van der Waals surface area contributed by atoms with E-state index in [1.165, 1.54) is 11.1 Å². The normalized spacial score (nSPS) is 14.0. The maximum atomic E-state index is 5.90. The third-order valence-corrected chi connectivity index (χ3v) is 4.19. The van der Waals surface area contributed by atoms with Gasteiger partial charge in [0.1, 0.15) is 5.60 Å². The van der Waals surface area contributed by atoms with Crippen molar-refractivity contribution >= 4 is 11.6 Å². The highest BCUT2D eigenvalue weighted by atomic mass is 16.5. The number of aromatic nitrogens is 2. The first-order valence-corrected chi connectivity index (χ1v) is 9.02. The molecule has 0 saturated heterocycles. The Bertz CT molecular complexity index is 803. The van der Waals surface area contributed by atoms with Gasteiger partial charge in [-0.05, 0) is 64.5 Å². The minimum Gasteiger partial charge on any atom is -0.474 e. The first-order chi connectivity index (χ1) is 12.2. The second kappa shape index (κ2) is 6.98. The predicted molar refractivity (Wildman–Crippen MR) is 105 cm³/mol. The van der Waals surface area contributed by atoms with Gasteiger partial charge in [0.15, 0.2) is 5.88 Å². The molecule has 1 aromatic heterocycles. The Morgan fingerprint density at radius 1 is 1.19 bits per heavy atom. The van der Waals surface area contributed by atoms with Crippen molar-refractivity contribution in [2.75, 3.05) is 11.9 Å². The molecule has 5 heteroatoms. The summed E-state index contributed by atoms with van der Waals surface area (Å²) in [6.45, 7) is 15.9. The highest BCUT2D eigenvalue weighted by molar-refractivity contribution is 5.56. The largest absolute Gasteiger partial charge is 0.474 e. The molecule has 3 rings (SSSR count). The molecule has 0 atom stereocenters. The molecule has 26 heavy (non-hydrogen) atoms. The van der Waals surface area contributed by atoms with Gasteiger partial charge < -0.3 is 15.0 Å². The molecule has 0 unspecified atom stereocenters. The Morgan fingerprint density at radius 3 is 2.54 bits per heavy atom. The van der Waals surface area contributed by atoms with Crippen molar-refractivity contribution < 1.29 is 4.74 Å². The summed E-state index contributed by atoms with van der Waals surface area (Å²) in [4.78, 5) is 11.4. The summed E-state index contributed by atoms with van der Waals surface area (Å²) in [7, 11) is 0. The predicted octanol–water partition coefficient (Wildman–Crippen LogP) is 4.48. The third kappa shape index (κ3) is 4.54. The lowest BCUT2D eigenvalue weighted by atomic mass is 10.1. The fourth-order valence-corrected chi connectivity index (χ4v) is 3.18. The van der Waals surface area contributed by atoms with Crippen LogP contribution in [0.4, 0.5) is 11.6 Å². The van der Waals surface area contributed by atoms with Gasteiger partial charge in [0.2, 0.25) is 5.95 Å². The lowest BCUT2D eigenvalue weighted by Gasteiger charge is -2.34. The minimum atomic E-state index is -0.242. The number of ether oxygens (including phenoxy) is 1. The molecule has 2 aromatic rings. The summed E-state index contributed by atoms with van der Waals surface area (Å²) >= 11 is 0. The second-order valence-electron chi connectivity index (χ2n) is 7.95. The van der Waals surface area contributed by atoms with E-state index in [2.05, 4.69) is 53.8 Å². The van der Waals surface area contributed by atoms with Crippen LogP contribution in [0, 0.1) is 13.8 Å². The van der Waals surface area contributed by atoms with E-state index in [0.717, 1.165) is 36.5 Å². The standard InChI is InChI=1S/C21H28N4O/c1-14-9-15(2)11-18(10-14)23-20-22-12-17-13-25(8-7-19(17)24-20)16(3)26-21(4,5)6/h9-12H,3,7-8,13H2,1-2,4-6H3,(H,22,23,24). The molecule has 0 spiro atoms. The number of nitrogens with one attached hydrogen (secondary N) is 1. The van der Waals surface area contributed by atoms with Crippen LogP contribution in [0.1, 0.15) is 43.2 Å². The SMILES string of the molecule is C=C(OC(C)(C)C)N1CCc2nc(Nc3cc(C)cc(C)c3)ncc2C1. The monoisotopic (exact) mass is 352 g/mol. The average Bonchev–Trinajstić information content (AvgIpc) is 2.51. The Labute approximate surface area is 156 Å². The van der Waals surface area contributed by atoms with Crippen molar-refractivity contribution in [3.05, 3.63) is 59.2 Å². The summed E-state index contributed by atoms with van der Waals surface area (Å²) in [6.07, 6.45) is 2.76. The van der Waals surface area contributed by atoms with E-state index in [1.54, 1.807) is 0 Å². The summed E-state index contributed by atoms with van der Waals surface area (Å²) < 4.78 is 5.90. The van der Waals surface area contributed by atoms with Crippen LogP contribution in [0.2, 0.25) is 0 Å². The summed E-state index contributed by atoms with van der Waals surface area (Å²) in [5, 5.41) is 3.32. The van der Waals surface area contributed by atoms with E-state index in [-0.39, 0.29) is 5.60 Å². The third-order valence-electron chi connectivity index (χ3n) is 4.19. The quantitative estimate of drug-likeness (QED) is 0.822. The van der Waals surface area contributed by atoms with Crippen LogP contribution in [0.3, 0.4) is 0 Å². The first kappa shape index (κ1) is 18.2. The molecule has 1 N–H and O–H groups in total. The van der Waals surface area contributed by atoms with Gasteiger partial charge in [0, 0.05) is 37.0 Å². The van der Waals surface area contributed by atoms with Crippen molar-refractivity contribution in [2.24, 2.45) is 0 Å². The van der Waals surface area contributed by atoms with E-state index in [9.17, 15) is 0 Å². The molecule has 1 aliphatic rings.